The molecule has 1 saturated carbocycles. The van der Waals surface area contributed by atoms with Gasteiger partial charge in [0.05, 0.1) is 6.04 Å². The SMILES string of the molecule is CC(c1nncn1C)N1C(=O)NC(=O)C2(CCCC2)C1=O. The minimum absolute atomic E-state index is 0.413. The number of imide groups is 2. The first-order valence-electron chi connectivity index (χ1n) is 7.00. The number of carbonyl (C=O) groups excluding carboxylic acids is 3. The number of carbonyl (C=O) groups is 3. The van der Waals surface area contributed by atoms with Crippen LogP contribution in [0.15, 0.2) is 6.33 Å². The van der Waals surface area contributed by atoms with Crippen molar-refractivity contribution < 1.29 is 14.4 Å². The summed E-state index contributed by atoms with van der Waals surface area (Å²) in [6, 6.07) is -1.26. The van der Waals surface area contributed by atoms with Crippen molar-refractivity contribution in [2.75, 3.05) is 0 Å². The van der Waals surface area contributed by atoms with Gasteiger partial charge in [-0.15, -0.1) is 10.2 Å². The molecule has 0 radical (unpaired) electrons. The number of aryl methyl sites for hydroxylation is 1. The van der Waals surface area contributed by atoms with E-state index < -0.39 is 29.3 Å². The molecular weight excluding hydrogens is 274 g/mol. The molecule has 112 valence electrons. The monoisotopic (exact) mass is 291 g/mol. The Morgan fingerprint density at radius 2 is 1.95 bits per heavy atom. The topological polar surface area (TPSA) is 97.2 Å². The highest BCUT2D eigenvalue weighted by atomic mass is 16.2. The molecule has 0 bridgehead atoms. The Morgan fingerprint density at radius 1 is 1.29 bits per heavy atom. The lowest BCUT2D eigenvalue weighted by Gasteiger charge is -2.39. The molecule has 1 aromatic heterocycles. The van der Waals surface area contributed by atoms with E-state index in [4.69, 9.17) is 0 Å². The summed E-state index contributed by atoms with van der Waals surface area (Å²) in [5.41, 5.74) is -1.08. The summed E-state index contributed by atoms with van der Waals surface area (Å²) in [6.07, 6.45) is 4.13. The predicted molar refractivity (Wildman–Crippen MR) is 70.7 cm³/mol. The van der Waals surface area contributed by atoms with Gasteiger partial charge >= 0.3 is 6.03 Å². The first-order valence-corrected chi connectivity index (χ1v) is 7.00. The summed E-state index contributed by atoms with van der Waals surface area (Å²) in [6.45, 7) is 1.71. The number of rotatable bonds is 2. The quantitative estimate of drug-likeness (QED) is 0.801. The molecule has 8 heteroatoms. The van der Waals surface area contributed by atoms with Gasteiger partial charge in [0.2, 0.25) is 11.8 Å². The van der Waals surface area contributed by atoms with Crippen LogP contribution in [0.5, 0.6) is 0 Å². The van der Waals surface area contributed by atoms with Crippen LogP contribution in [0.2, 0.25) is 0 Å². The summed E-state index contributed by atoms with van der Waals surface area (Å²) in [7, 11) is 1.74. The van der Waals surface area contributed by atoms with Crippen LogP contribution in [-0.4, -0.2) is 37.5 Å². The third-order valence-electron chi connectivity index (χ3n) is 4.47. The molecule has 4 amide bonds. The van der Waals surface area contributed by atoms with Gasteiger partial charge in [0.25, 0.3) is 0 Å². The number of hydrogen-bond acceptors (Lipinski definition) is 5. The molecule has 0 aromatic carbocycles. The van der Waals surface area contributed by atoms with E-state index in [-0.39, 0.29) is 0 Å². The van der Waals surface area contributed by atoms with Crippen LogP contribution < -0.4 is 5.32 Å². The van der Waals surface area contributed by atoms with Gasteiger partial charge in [0.1, 0.15) is 11.7 Å². The van der Waals surface area contributed by atoms with Gasteiger partial charge in [-0.25, -0.2) is 4.79 Å². The highest BCUT2D eigenvalue weighted by molar-refractivity contribution is 6.19. The second-order valence-corrected chi connectivity index (χ2v) is 5.70. The van der Waals surface area contributed by atoms with Crippen molar-refractivity contribution in [3.8, 4) is 0 Å². The van der Waals surface area contributed by atoms with Gasteiger partial charge in [-0.05, 0) is 19.8 Å². The zero-order valence-corrected chi connectivity index (χ0v) is 12.0. The smallest absolute Gasteiger partial charge is 0.319 e. The minimum Gasteiger partial charge on any atom is -0.319 e. The Balaban J connectivity index is 1.97. The zero-order chi connectivity index (χ0) is 15.2. The lowest BCUT2D eigenvalue weighted by atomic mass is 9.81. The van der Waals surface area contributed by atoms with Gasteiger partial charge in [0, 0.05) is 7.05 Å². The lowest BCUT2D eigenvalue weighted by molar-refractivity contribution is -0.152. The third-order valence-corrected chi connectivity index (χ3v) is 4.47. The Kier molecular flexibility index (Phi) is 3.03. The number of hydrogen-bond donors (Lipinski definition) is 1. The van der Waals surface area contributed by atoms with Gasteiger partial charge < -0.3 is 4.57 Å². The maximum atomic E-state index is 12.8. The summed E-state index contributed by atoms with van der Waals surface area (Å²) >= 11 is 0. The Hall–Kier alpha value is -2.25. The maximum absolute atomic E-state index is 12.8. The molecular formula is C13H17N5O3. The highest BCUT2D eigenvalue weighted by Gasteiger charge is 2.56. The molecule has 2 heterocycles. The number of barbiturate groups is 1. The zero-order valence-electron chi connectivity index (χ0n) is 12.0. The number of nitrogens with one attached hydrogen (secondary N) is 1. The first kappa shape index (κ1) is 13.7. The van der Waals surface area contributed by atoms with Crippen LogP contribution in [0.4, 0.5) is 4.79 Å². The molecule has 1 N–H and O–H groups in total. The van der Waals surface area contributed by atoms with Crippen molar-refractivity contribution in [1.29, 1.82) is 0 Å². The summed E-state index contributed by atoms with van der Waals surface area (Å²) in [5.74, 6) is -0.373. The van der Waals surface area contributed by atoms with Crippen molar-refractivity contribution in [3.63, 3.8) is 0 Å². The molecule has 3 rings (SSSR count). The molecule has 2 fully saturated rings. The minimum atomic E-state index is -1.08. The maximum Gasteiger partial charge on any atom is 0.331 e. The highest BCUT2D eigenvalue weighted by Crippen LogP contribution is 2.43. The van der Waals surface area contributed by atoms with Crippen LogP contribution in [0.1, 0.15) is 44.5 Å². The third kappa shape index (κ3) is 1.85. The van der Waals surface area contributed by atoms with Crippen molar-refractivity contribution in [2.45, 2.75) is 38.6 Å². The van der Waals surface area contributed by atoms with Crippen LogP contribution in [0, 0.1) is 5.41 Å². The molecule has 1 unspecified atom stereocenters. The summed E-state index contributed by atoms with van der Waals surface area (Å²) in [4.78, 5) is 38.2. The van der Waals surface area contributed by atoms with E-state index in [1.54, 1.807) is 18.5 Å². The van der Waals surface area contributed by atoms with Crippen molar-refractivity contribution in [3.05, 3.63) is 12.2 Å². The fraction of sp³-hybridized carbons (Fsp3) is 0.615. The van der Waals surface area contributed by atoms with Crippen molar-refractivity contribution in [1.82, 2.24) is 25.0 Å². The second-order valence-electron chi connectivity index (χ2n) is 5.70. The number of urea groups is 1. The van der Waals surface area contributed by atoms with Gasteiger partial charge in [-0.1, -0.05) is 12.8 Å². The normalized spacial score (nSPS) is 22.8. The average Bonchev–Trinajstić information content (AvgIpc) is 3.06. The summed E-state index contributed by atoms with van der Waals surface area (Å²) in [5, 5.41) is 10.0. The fourth-order valence-electron chi connectivity index (χ4n) is 3.25. The summed E-state index contributed by atoms with van der Waals surface area (Å²) < 4.78 is 1.66. The van der Waals surface area contributed by atoms with E-state index in [0.29, 0.717) is 18.7 Å². The lowest BCUT2D eigenvalue weighted by Crippen LogP contribution is -2.63. The molecule has 1 atom stereocenters. The van der Waals surface area contributed by atoms with E-state index in [0.717, 1.165) is 17.7 Å². The largest absolute Gasteiger partial charge is 0.331 e. The number of aromatic nitrogens is 3. The van der Waals surface area contributed by atoms with E-state index in [1.807, 2.05) is 0 Å². The standard InChI is InChI=1S/C13H17N5O3/c1-8(9-16-14-7-17(9)2)18-11(20)13(5-3-4-6-13)10(19)15-12(18)21/h7-8H,3-6H2,1-2H3,(H,15,19,21). The molecule has 2 aliphatic rings. The Bertz CT molecular complexity index is 617. The van der Waals surface area contributed by atoms with E-state index in [9.17, 15) is 14.4 Å². The van der Waals surface area contributed by atoms with Gasteiger partial charge in [-0.2, -0.15) is 0 Å². The van der Waals surface area contributed by atoms with E-state index in [2.05, 4.69) is 15.5 Å². The van der Waals surface area contributed by atoms with Crippen molar-refractivity contribution in [2.24, 2.45) is 12.5 Å². The molecule has 1 aliphatic heterocycles. The molecule has 1 saturated heterocycles. The van der Waals surface area contributed by atoms with Crippen LogP contribution >= 0.6 is 0 Å². The van der Waals surface area contributed by atoms with E-state index in [1.165, 1.54) is 6.33 Å². The molecule has 21 heavy (non-hydrogen) atoms. The van der Waals surface area contributed by atoms with Gasteiger partial charge in [-0.3, -0.25) is 19.8 Å². The Morgan fingerprint density at radius 3 is 2.52 bits per heavy atom. The second kappa shape index (κ2) is 4.64. The van der Waals surface area contributed by atoms with Crippen LogP contribution in [-0.2, 0) is 16.6 Å². The van der Waals surface area contributed by atoms with Crippen molar-refractivity contribution >= 4 is 17.8 Å². The first-order chi connectivity index (χ1) is 9.97. The van der Waals surface area contributed by atoms with Crippen LogP contribution in [0.3, 0.4) is 0 Å². The number of nitrogens with zero attached hydrogens (tertiary/aromatic N) is 4. The molecule has 1 spiro atoms. The fourth-order valence-corrected chi connectivity index (χ4v) is 3.25. The molecule has 1 aromatic rings. The average molecular weight is 291 g/mol. The predicted octanol–water partition coefficient (Wildman–Crippen LogP) is 0.515. The molecule has 1 aliphatic carbocycles. The van der Waals surface area contributed by atoms with Gasteiger partial charge in [0.15, 0.2) is 5.82 Å². The van der Waals surface area contributed by atoms with Crippen LogP contribution in [0.25, 0.3) is 0 Å². The van der Waals surface area contributed by atoms with E-state index >= 15 is 0 Å². The number of amides is 4. The molecule has 8 nitrogen and oxygen atoms in total. The Labute approximate surface area is 121 Å².